The lowest BCUT2D eigenvalue weighted by Gasteiger charge is -2.28. The molecule has 0 fully saturated rings. The molecule has 11 heteroatoms. The Kier molecular flexibility index (Phi) is 22.6. The predicted octanol–water partition coefficient (Wildman–Crippen LogP) is 14.2. The fourth-order valence-corrected chi connectivity index (χ4v) is 7.50. The van der Waals surface area contributed by atoms with Crippen LogP contribution in [0.2, 0.25) is 0 Å². The van der Waals surface area contributed by atoms with Gasteiger partial charge in [0.1, 0.15) is 29.5 Å². The summed E-state index contributed by atoms with van der Waals surface area (Å²) >= 11 is 0. The Bertz CT molecular complexity index is 2790. The number of allylic oxidation sites excluding steroid dienone is 4. The van der Waals surface area contributed by atoms with Crippen LogP contribution in [0.4, 0.5) is 0 Å². The van der Waals surface area contributed by atoms with Crippen LogP contribution in [0.1, 0.15) is 128 Å². The third-order valence-corrected chi connectivity index (χ3v) is 11.6. The van der Waals surface area contributed by atoms with E-state index in [1.54, 1.807) is 74.9 Å². The minimum absolute atomic E-state index is 0.269. The number of aromatic carboxylic acids is 1. The summed E-state index contributed by atoms with van der Waals surface area (Å²) in [5.41, 5.74) is 7.85. The highest BCUT2D eigenvalue weighted by Gasteiger charge is 2.33. The van der Waals surface area contributed by atoms with Crippen molar-refractivity contribution in [3.8, 4) is 17.2 Å². The molecule has 0 bridgehead atoms. The van der Waals surface area contributed by atoms with Crippen LogP contribution in [-0.4, -0.2) is 54.6 Å². The van der Waals surface area contributed by atoms with Crippen LogP contribution >= 0.6 is 0 Å². The van der Waals surface area contributed by atoms with Gasteiger partial charge in [0.2, 0.25) is 0 Å². The van der Waals surface area contributed by atoms with Gasteiger partial charge in [0.25, 0.3) is 0 Å². The zero-order chi connectivity index (χ0) is 54.1. The summed E-state index contributed by atoms with van der Waals surface area (Å²) in [5, 5.41) is 29.2. The quantitative estimate of drug-likeness (QED) is 0.0703. The first-order valence-electron chi connectivity index (χ1n) is 24.2. The van der Waals surface area contributed by atoms with Crippen molar-refractivity contribution >= 4 is 42.2 Å². The number of hydrogen-bond donors (Lipinski definition) is 3. The predicted molar refractivity (Wildman–Crippen MR) is 297 cm³/mol. The summed E-state index contributed by atoms with van der Waals surface area (Å²) in [4.78, 5) is 37.3. The van der Waals surface area contributed by atoms with Crippen LogP contribution in [-0.2, 0) is 9.47 Å². The second-order valence-corrected chi connectivity index (χ2v) is 16.7. The molecular formula is C64H64O11. The molecule has 0 aliphatic rings. The number of carbonyl (C=O) groups excluding carboxylic acids is 2. The molecule has 0 aromatic heterocycles. The van der Waals surface area contributed by atoms with Gasteiger partial charge in [0, 0.05) is 0 Å². The minimum Gasteiger partial charge on any atom is -0.497 e. The van der Waals surface area contributed by atoms with Gasteiger partial charge in [-0.2, -0.15) is 0 Å². The SMILES string of the molecule is C/C=C/c1ccc(C(O)C(O)c2ccc(/C=C/C)cc2)cc1.C/C=C/c1ccc(C(OC(=O)c2ccc(OC)cc2)C(OC(=O)c2ccc(OC)cc2)c2ccc(/C=C/C)cc2)cc1.COc1ccc(C(=O)O)cc1. The lowest BCUT2D eigenvalue weighted by atomic mass is 9.95. The van der Waals surface area contributed by atoms with Crippen LogP contribution in [0.5, 0.6) is 17.2 Å². The normalized spacial score (nSPS) is 12.7. The van der Waals surface area contributed by atoms with Gasteiger partial charge in [0.15, 0.2) is 12.2 Å². The van der Waals surface area contributed by atoms with Crippen molar-refractivity contribution in [1.29, 1.82) is 0 Å². The summed E-state index contributed by atoms with van der Waals surface area (Å²) in [6.07, 6.45) is 12.0. The third kappa shape index (κ3) is 17.2. The Morgan fingerprint density at radius 1 is 0.360 bits per heavy atom. The molecule has 0 spiro atoms. The van der Waals surface area contributed by atoms with Crippen LogP contribution < -0.4 is 14.2 Å². The Labute approximate surface area is 439 Å². The number of carboxylic acids is 1. The molecule has 0 aliphatic carbocycles. The first kappa shape index (κ1) is 57.1. The second kappa shape index (κ2) is 29.7. The zero-order valence-corrected chi connectivity index (χ0v) is 43.2. The van der Waals surface area contributed by atoms with Gasteiger partial charge in [-0.25, -0.2) is 14.4 Å². The number of methoxy groups -OCH3 is 3. The standard InChI is InChI=1S/C36H34O6.C20H22O2.C8H8O3/c1-5-7-25-9-13-27(14-10-25)33(41-35(37)29-17-21-31(39-3)22-18-29)34(28-15-11-26(8-6-2)12-16-28)42-36(38)30-19-23-32(40-4)24-20-30;1-3-5-15-7-11-17(12-8-15)19(21)20(22)18-13-9-16(6-4-2)10-14-18;1-11-7-4-2-6(3-5-7)8(9)10/h5-24,33-34H,1-4H3;3-14,19-22H,1-2H3;2-5H,1H3,(H,9,10)/b7-5+,8-6+;5-3+,6-4+;. The smallest absolute Gasteiger partial charge is 0.338 e. The maximum Gasteiger partial charge on any atom is 0.338 e. The maximum atomic E-state index is 13.5. The summed E-state index contributed by atoms with van der Waals surface area (Å²) in [7, 11) is 4.66. The van der Waals surface area contributed by atoms with Crippen molar-refractivity contribution < 1.29 is 53.4 Å². The van der Waals surface area contributed by atoms with Gasteiger partial charge < -0.3 is 39.0 Å². The van der Waals surface area contributed by atoms with Crippen molar-refractivity contribution in [2.24, 2.45) is 0 Å². The molecule has 4 atom stereocenters. The summed E-state index contributed by atoms with van der Waals surface area (Å²) in [6, 6.07) is 49.9. The highest BCUT2D eigenvalue weighted by atomic mass is 16.6. The molecule has 0 radical (unpaired) electrons. The molecule has 7 aromatic rings. The average Bonchev–Trinajstić information content (AvgIpc) is 3.45. The first-order valence-corrected chi connectivity index (χ1v) is 24.2. The van der Waals surface area contributed by atoms with E-state index in [1.807, 2.05) is 173 Å². The Balaban J connectivity index is 0.000000259. The molecule has 3 N–H and O–H groups in total. The number of aliphatic hydroxyl groups is 2. The number of ether oxygens (including phenoxy) is 5. The maximum absolute atomic E-state index is 13.5. The monoisotopic (exact) mass is 1010 g/mol. The fourth-order valence-electron chi connectivity index (χ4n) is 7.50. The molecule has 0 aliphatic heterocycles. The summed E-state index contributed by atoms with van der Waals surface area (Å²) in [5.74, 6) is -0.138. The van der Waals surface area contributed by atoms with E-state index in [-0.39, 0.29) is 5.56 Å². The van der Waals surface area contributed by atoms with Crippen LogP contribution in [0, 0.1) is 0 Å². The summed E-state index contributed by atoms with van der Waals surface area (Å²) in [6.45, 7) is 7.81. The number of esters is 2. The molecule has 386 valence electrons. The van der Waals surface area contributed by atoms with Crippen LogP contribution in [0.25, 0.3) is 24.3 Å². The van der Waals surface area contributed by atoms with E-state index in [0.29, 0.717) is 50.6 Å². The number of carbonyl (C=O) groups is 3. The van der Waals surface area contributed by atoms with Gasteiger partial charge in [-0.3, -0.25) is 0 Å². The number of rotatable bonds is 18. The molecule has 75 heavy (non-hydrogen) atoms. The van der Waals surface area contributed by atoms with E-state index in [4.69, 9.17) is 28.8 Å². The molecule has 0 saturated carbocycles. The Morgan fingerprint density at radius 2 is 0.600 bits per heavy atom. The van der Waals surface area contributed by atoms with Crippen LogP contribution in [0.3, 0.4) is 0 Å². The van der Waals surface area contributed by atoms with E-state index in [0.717, 1.165) is 22.3 Å². The topological polar surface area (TPSA) is 158 Å². The molecule has 0 heterocycles. The zero-order valence-electron chi connectivity index (χ0n) is 43.2. The molecule has 7 rings (SSSR count). The van der Waals surface area contributed by atoms with E-state index in [9.17, 15) is 24.6 Å². The van der Waals surface area contributed by atoms with Gasteiger partial charge in [-0.05, 0) is 145 Å². The minimum atomic E-state index is -0.950. The van der Waals surface area contributed by atoms with E-state index in [1.165, 1.54) is 19.2 Å². The molecular weight excluding hydrogens is 945 g/mol. The largest absolute Gasteiger partial charge is 0.497 e. The third-order valence-electron chi connectivity index (χ3n) is 11.6. The number of carboxylic acid groups (broad SMARTS) is 1. The van der Waals surface area contributed by atoms with E-state index in [2.05, 4.69) is 0 Å². The number of hydrogen-bond acceptors (Lipinski definition) is 10. The molecule has 11 nitrogen and oxygen atoms in total. The van der Waals surface area contributed by atoms with Crippen molar-refractivity contribution in [2.75, 3.05) is 21.3 Å². The first-order chi connectivity index (χ1) is 36.3. The number of benzene rings is 7. The Morgan fingerprint density at radius 3 is 0.827 bits per heavy atom. The van der Waals surface area contributed by atoms with Crippen molar-refractivity contribution in [1.82, 2.24) is 0 Å². The molecule has 0 amide bonds. The van der Waals surface area contributed by atoms with Gasteiger partial charge in [-0.15, -0.1) is 0 Å². The highest BCUT2D eigenvalue weighted by Crippen LogP contribution is 2.38. The van der Waals surface area contributed by atoms with Crippen molar-refractivity contribution in [3.05, 3.63) is 255 Å². The van der Waals surface area contributed by atoms with E-state index < -0.39 is 42.3 Å². The highest BCUT2D eigenvalue weighted by molar-refractivity contribution is 5.91. The molecule has 0 saturated heterocycles. The lowest BCUT2D eigenvalue weighted by molar-refractivity contribution is -0.0388. The average molecular weight is 1010 g/mol. The fraction of sp³-hybridized carbons (Fsp3) is 0.172. The molecule has 7 aromatic carbocycles. The Hall–Kier alpha value is -8.77. The van der Waals surface area contributed by atoms with E-state index >= 15 is 0 Å². The van der Waals surface area contributed by atoms with Gasteiger partial charge in [0.05, 0.1) is 38.0 Å². The summed E-state index contributed by atoms with van der Waals surface area (Å²) < 4.78 is 27.6. The van der Waals surface area contributed by atoms with Gasteiger partial charge in [-0.1, -0.05) is 146 Å². The van der Waals surface area contributed by atoms with Crippen molar-refractivity contribution in [2.45, 2.75) is 52.1 Å². The number of aliphatic hydroxyl groups excluding tert-OH is 2. The molecule has 4 unspecified atom stereocenters. The van der Waals surface area contributed by atoms with Crippen LogP contribution in [0.15, 0.2) is 194 Å². The van der Waals surface area contributed by atoms with Gasteiger partial charge >= 0.3 is 17.9 Å². The second-order valence-electron chi connectivity index (χ2n) is 16.7. The van der Waals surface area contributed by atoms with Crippen molar-refractivity contribution in [3.63, 3.8) is 0 Å². The lowest BCUT2D eigenvalue weighted by Crippen LogP contribution is -2.23.